The van der Waals surface area contributed by atoms with Gasteiger partial charge in [0.25, 0.3) is 5.69 Å². The number of hydrogen-bond acceptors (Lipinski definition) is 4. The Morgan fingerprint density at radius 1 is 1.35 bits per heavy atom. The molecule has 0 saturated carbocycles. The van der Waals surface area contributed by atoms with Crippen LogP contribution < -0.4 is 4.31 Å². The van der Waals surface area contributed by atoms with Crippen molar-refractivity contribution in [2.45, 2.75) is 19.9 Å². The molecule has 0 aliphatic carbocycles. The monoisotopic (exact) mass is 258 g/mol. The summed E-state index contributed by atoms with van der Waals surface area (Å²) in [5, 5.41) is 10.6. The predicted molar refractivity (Wildman–Crippen MR) is 65.6 cm³/mol. The average Bonchev–Trinajstić information content (AvgIpc) is 2.15. The van der Waals surface area contributed by atoms with Crippen molar-refractivity contribution < 1.29 is 13.3 Å². The van der Waals surface area contributed by atoms with E-state index >= 15 is 0 Å². The standard InChI is InChI=1S/C10H14N2O4S/c1-8(2)11(17(3,15)16)9-5-4-6-10(7-9)12(13)14/h4-8H,1-3H3. The summed E-state index contributed by atoms with van der Waals surface area (Å²) in [5.41, 5.74) is 0.175. The third-order valence-corrected chi connectivity index (χ3v) is 3.47. The number of non-ortho nitro benzene ring substituents is 1. The van der Waals surface area contributed by atoms with Gasteiger partial charge in [-0.15, -0.1) is 0 Å². The van der Waals surface area contributed by atoms with E-state index in [9.17, 15) is 18.5 Å². The topological polar surface area (TPSA) is 80.5 Å². The van der Waals surface area contributed by atoms with Crippen molar-refractivity contribution in [2.75, 3.05) is 10.6 Å². The van der Waals surface area contributed by atoms with Crippen LogP contribution in [0.15, 0.2) is 24.3 Å². The number of rotatable bonds is 4. The maximum absolute atomic E-state index is 11.6. The van der Waals surface area contributed by atoms with Crippen molar-refractivity contribution in [1.82, 2.24) is 0 Å². The van der Waals surface area contributed by atoms with Crippen LogP contribution in [0.2, 0.25) is 0 Å². The average molecular weight is 258 g/mol. The Morgan fingerprint density at radius 3 is 2.35 bits per heavy atom. The number of nitro groups is 1. The quantitative estimate of drug-likeness (QED) is 0.609. The number of anilines is 1. The molecule has 7 heteroatoms. The first-order chi connectivity index (χ1) is 7.73. The molecule has 0 heterocycles. The van der Waals surface area contributed by atoms with Crippen molar-refractivity contribution >= 4 is 21.4 Å². The van der Waals surface area contributed by atoms with Gasteiger partial charge in [0, 0.05) is 18.2 Å². The van der Waals surface area contributed by atoms with Gasteiger partial charge in [-0.3, -0.25) is 14.4 Å². The Morgan fingerprint density at radius 2 is 1.94 bits per heavy atom. The van der Waals surface area contributed by atoms with Crippen LogP contribution in [0.5, 0.6) is 0 Å². The Balaban J connectivity index is 3.30. The molecule has 0 fully saturated rings. The van der Waals surface area contributed by atoms with E-state index in [-0.39, 0.29) is 11.7 Å². The van der Waals surface area contributed by atoms with Crippen LogP contribution in [0, 0.1) is 10.1 Å². The summed E-state index contributed by atoms with van der Waals surface area (Å²) in [7, 11) is -3.45. The Labute approximate surface area is 100 Å². The molecule has 0 amide bonds. The van der Waals surface area contributed by atoms with E-state index in [2.05, 4.69) is 0 Å². The summed E-state index contributed by atoms with van der Waals surface area (Å²) in [5.74, 6) is 0. The molecule has 1 aromatic rings. The lowest BCUT2D eigenvalue weighted by Gasteiger charge is -2.26. The molecule has 0 spiro atoms. The molecule has 0 saturated heterocycles. The number of nitro benzene ring substituents is 1. The van der Waals surface area contributed by atoms with Gasteiger partial charge in [0.2, 0.25) is 10.0 Å². The van der Waals surface area contributed by atoms with Crippen LogP contribution in [0.1, 0.15) is 13.8 Å². The zero-order valence-corrected chi connectivity index (χ0v) is 10.6. The number of benzene rings is 1. The normalized spacial score (nSPS) is 11.5. The summed E-state index contributed by atoms with van der Waals surface area (Å²) in [6.45, 7) is 3.42. The molecule has 0 bridgehead atoms. The number of sulfonamides is 1. The van der Waals surface area contributed by atoms with Gasteiger partial charge in [-0.25, -0.2) is 8.42 Å². The maximum Gasteiger partial charge on any atom is 0.271 e. The highest BCUT2D eigenvalue weighted by molar-refractivity contribution is 7.92. The highest BCUT2D eigenvalue weighted by Crippen LogP contribution is 2.24. The van der Waals surface area contributed by atoms with E-state index in [4.69, 9.17) is 0 Å². The highest BCUT2D eigenvalue weighted by atomic mass is 32.2. The fourth-order valence-corrected chi connectivity index (χ4v) is 2.88. The van der Waals surface area contributed by atoms with Crippen molar-refractivity contribution in [3.63, 3.8) is 0 Å². The minimum atomic E-state index is -3.45. The zero-order chi connectivity index (χ0) is 13.2. The van der Waals surface area contributed by atoms with Gasteiger partial charge in [0.15, 0.2) is 0 Å². The van der Waals surface area contributed by atoms with Gasteiger partial charge in [-0.1, -0.05) is 6.07 Å². The minimum Gasteiger partial charge on any atom is -0.268 e. The van der Waals surface area contributed by atoms with E-state index in [1.54, 1.807) is 13.8 Å². The van der Waals surface area contributed by atoms with Gasteiger partial charge < -0.3 is 0 Å². The highest BCUT2D eigenvalue weighted by Gasteiger charge is 2.22. The van der Waals surface area contributed by atoms with Gasteiger partial charge in [-0.05, 0) is 19.9 Å². The molecule has 1 aromatic carbocycles. The molecule has 0 aliphatic heterocycles. The van der Waals surface area contributed by atoms with E-state index in [0.717, 1.165) is 10.6 Å². The van der Waals surface area contributed by atoms with E-state index in [0.29, 0.717) is 5.69 Å². The van der Waals surface area contributed by atoms with Crippen LogP contribution in [0.4, 0.5) is 11.4 Å². The summed E-state index contributed by atoms with van der Waals surface area (Å²) in [4.78, 5) is 10.1. The fraction of sp³-hybridized carbons (Fsp3) is 0.400. The first-order valence-electron chi connectivity index (χ1n) is 4.97. The van der Waals surface area contributed by atoms with Gasteiger partial charge in [0.1, 0.15) is 0 Å². The Hall–Kier alpha value is -1.63. The predicted octanol–water partition coefficient (Wildman–Crippen LogP) is 1.77. The van der Waals surface area contributed by atoms with Crippen molar-refractivity contribution in [3.05, 3.63) is 34.4 Å². The van der Waals surface area contributed by atoms with Gasteiger partial charge in [-0.2, -0.15) is 0 Å². The molecule has 6 nitrogen and oxygen atoms in total. The second-order valence-corrected chi connectivity index (χ2v) is 5.79. The number of hydrogen-bond donors (Lipinski definition) is 0. The van der Waals surface area contributed by atoms with Gasteiger partial charge >= 0.3 is 0 Å². The van der Waals surface area contributed by atoms with Gasteiger partial charge in [0.05, 0.1) is 16.9 Å². The van der Waals surface area contributed by atoms with Crippen LogP contribution >= 0.6 is 0 Å². The van der Waals surface area contributed by atoms with E-state index < -0.39 is 14.9 Å². The second kappa shape index (κ2) is 4.70. The molecule has 0 N–H and O–H groups in total. The SMILES string of the molecule is CC(C)N(c1cccc([N+](=O)[O-])c1)S(C)(=O)=O. The number of nitrogens with zero attached hydrogens (tertiary/aromatic N) is 2. The van der Waals surface area contributed by atoms with Crippen LogP contribution in [-0.2, 0) is 10.0 Å². The zero-order valence-electron chi connectivity index (χ0n) is 9.82. The van der Waals surface area contributed by atoms with E-state index in [1.807, 2.05) is 0 Å². The van der Waals surface area contributed by atoms with Crippen molar-refractivity contribution in [2.24, 2.45) is 0 Å². The van der Waals surface area contributed by atoms with Crippen molar-refractivity contribution in [1.29, 1.82) is 0 Å². The lowest BCUT2D eigenvalue weighted by molar-refractivity contribution is -0.384. The Kier molecular flexibility index (Phi) is 3.72. The minimum absolute atomic E-state index is 0.128. The summed E-state index contributed by atoms with van der Waals surface area (Å²) >= 11 is 0. The molecule has 0 atom stereocenters. The van der Waals surface area contributed by atoms with Crippen LogP contribution in [0.3, 0.4) is 0 Å². The molecule has 17 heavy (non-hydrogen) atoms. The third-order valence-electron chi connectivity index (χ3n) is 2.12. The maximum atomic E-state index is 11.6. The molecule has 94 valence electrons. The van der Waals surface area contributed by atoms with E-state index in [1.165, 1.54) is 24.3 Å². The molecule has 0 aliphatic rings. The first kappa shape index (κ1) is 13.4. The summed E-state index contributed by atoms with van der Waals surface area (Å²) in [6, 6.07) is 5.28. The van der Waals surface area contributed by atoms with Crippen molar-refractivity contribution in [3.8, 4) is 0 Å². The second-order valence-electron chi connectivity index (χ2n) is 3.93. The molecule has 0 aromatic heterocycles. The summed E-state index contributed by atoms with van der Waals surface area (Å²) in [6.07, 6.45) is 1.08. The molecule has 1 rings (SSSR count). The lowest BCUT2D eigenvalue weighted by Crippen LogP contribution is -2.36. The molecule has 0 radical (unpaired) electrons. The first-order valence-corrected chi connectivity index (χ1v) is 6.82. The fourth-order valence-electron chi connectivity index (χ4n) is 1.62. The van der Waals surface area contributed by atoms with Crippen LogP contribution in [0.25, 0.3) is 0 Å². The molecular formula is C10H14N2O4S. The Bertz CT molecular complexity index is 525. The molecule has 0 unspecified atom stereocenters. The largest absolute Gasteiger partial charge is 0.271 e. The smallest absolute Gasteiger partial charge is 0.268 e. The third kappa shape index (κ3) is 3.16. The lowest BCUT2D eigenvalue weighted by atomic mass is 10.2. The molecular weight excluding hydrogens is 244 g/mol. The summed E-state index contributed by atoms with van der Waals surface area (Å²) < 4.78 is 24.4. The van der Waals surface area contributed by atoms with Crippen LogP contribution in [-0.4, -0.2) is 25.6 Å².